The van der Waals surface area contributed by atoms with Gasteiger partial charge in [-0.3, -0.25) is 9.69 Å². The minimum Gasteiger partial charge on any atom is -0.368 e. The van der Waals surface area contributed by atoms with Gasteiger partial charge in [0, 0.05) is 18.6 Å². The smallest absolute Gasteiger partial charge is 0.235 e. The van der Waals surface area contributed by atoms with Crippen LogP contribution in [0.25, 0.3) is 0 Å². The molecule has 3 N–H and O–H groups in total. The Morgan fingerprint density at radius 3 is 2.67 bits per heavy atom. The number of hydrogen-bond donors (Lipinski definition) is 2. The van der Waals surface area contributed by atoms with Crippen LogP contribution in [0.1, 0.15) is 13.8 Å². The summed E-state index contributed by atoms with van der Waals surface area (Å²) in [5.41, 5.74) is 5.31. The molecule has 0 radical (unpaired) electrons. The highest BCUT2D eigenvalue weighted by Gasteiger charge is 2.33. The first-order valence-electron chi connectivity index (χ1n) is 4.17. The third kappa shape index (κ3) is 1.76. The summed E-state index contributed by atoms with van der Waals surface area (Å²) < 4.78 is 0. The number of rotatable bonds is 1. The van der Waals surface area contributed by atoms with Gasteiger partial charge in [0.15, 0.2) is 0 Å². The standard InChI is InChI=1S/C8H17N3O/c1-8(2)5-10-6(7(9)12)4-11(8)3/h6,10H,4-5H2,1-3H3,(H2,9,12). The minimum atomic E-state index is -0.266. The molecule has 0 aromatic heterocycles. The van der Waals surface area contributed by atoms with Crippen molar-refractivity contribution >= 4 is 5.91 Å². The first kappa shape index (κ1) is 9.48. The van der Waals surface area contributed by atoms with Crippen molar-refractivity contribution in [2.45, 2.75) is 25.4 Å². The van der Waals surface area contributed by atoms with E-state index in [1.807, 2.05) is 7.05 Å². The topological polar surface area (TPSA) is 58.4 Å². The number of primary amides is 1. The molecule has 1 amide bonds. The molecule has 0 aromatic rings. The lowest BCUT2D eigenvalue weighted by molar-refractivity contribution is -0.121. The number of carbonyl (C=O) groups excluding carboxylic acids is 1. The van der Waals surface area contributed by atoms with Crippen LogP contribution >= 0.6 is 0 Å². The number of likely N-dealkylation sites (N-methyl/N-ethyl adjacent to an activating group) is 1. The lowest BCUT2D eigenvalue weighted by Crippen LogP contribution is -2.63. The third-order valence-corrected chi connectivity index (χ3v) is 2.61. The Bertz CT molecular complexity index is 191. The number of hydrogen-bond acceptors (Lipinski definition) is 3. The highest BCUT2D eigenvalue weighted by Crippen LogP contribution is 2.15. The minimum absolute atomic E-state index is 0.117. The summed E-state index contributed by atoms with van der Waals surface area (Å²) in [6.45, 7) is 5.77. The van der Waals surface area contributed by atoms with Gasteiger partial charge in [-0.15, -0.1) is 0 Å². The highest BCUT2D eigenvalue weighted by molar-refractivity contribution is 5.80. The molecule has 1 aliphatic heterocycles. The normalized spacial score (nSPS) is 30.1. The zero-order chi connectivity index (χ0) is 9.35. The Labute approximate surface area is 73.1 Å². The number of nitrogens with zero attached hydrogens (tertiary/aromatic N) is 1. The third-order valence-electron chi connectivity index (χ3n) is 2.61. The average molecular weight is 171 g/mol. The molecule has 1 aliphatic rings. The molecule has 0 aromatic carbocycles. The number of nitrogens with two attached hydrogens (primary N) is 1. The molecule has 1 heterocycles. The summed E-state index contributed by atoms with van der Waals surface area (Å²) in [6, 6.07) is -0.192. The number of nitrogens with one attached hydrogen (secondary N) is 1. The van der Waals surface area contributed by atoms with Crippen LogP contribution in [-0.2, 0) is 4.79 Å². The van der Waals surface area contributed by atoms with Crippen LogP contribution in [0, 0.1) is 0 Å². The fourth-order valence-electron chi connectivity index (χ4n) is 1.28. The maximum Gasteiger partial charge on any atom is 0.235 e. The molecular formula is C8H17N3O. The van der Waals surface area contributed by atoms with E-state index in [2.05, 4.69) is 24.1 Å². The molecule has 0 spiro atoms. The lowest BCUT2D eigenvalue weighted by atomic mass is 9.98. The number of amides is 1. The van der Waals surface area contributed by atoms with Gasteiger partial charge in [-0.2, -0.15) is 0 Å². The summed E-state index contributed by atoms with van der Waals surface area (Å²) in [5, 5.41) is 3.12. The Morgan fingerprint density at radius 1 is 1.67 bits per heavy atom. The van der Waals surface area contributed by atoms with E-state index >= 15 is 0 Å². The molecule has 1 unspecified atom stereocenters. The van der Waals surface area contributed by atoms with Crippen molar-refractivity contribution in [1.82, 2.24) is 10.2 Å². The van der Waals surface area contributed by atoms with Crippen molar-refractivity contribution in [3.8, 4) is 0 Å². The van der Waals surface area contributed by atoms with Crippen LogP contribution in [0.3, 0.4) is 0 Å². The van der Waals surface area contributed by atoms with Gasteiger partial charge in [0.2, 0.25) is 5.91 Å². The van der Waals surface area contributed by atoms with E-state index < -0.39 is 0 Å². The molecule has 1 saturated heterocycles. The van der Waals surface area contributed by atoms with Crippen LogP contribution in [0.2, 0.25) is 0 Å². The van der Waals surface area contributed by atoms with Gasteiger partial charge < -0.3 is 11.1 Å². The monoisotopic (exact) mass is 171 g/mol. The van der Waals surface area contributed by atoms with Gasteiger partial charge in [0.25, 0.3) is 0 Å². The van der Waals surface area contributed by atoms with Gasteiger partial charge >= 0.3 is 0 Å². The molecule has 0 saturated carbocycles. The molecule has 0 aliphatic carbocycles. The second kappa shape index (κ2) is 3.03. The molecule has 0 bridgehead atoms. The quantitative estimate of drug-likeness (QED) is 0.540. The lowest BCUT2D eigenvalue weighted by Gasteiger charge is -2.43. The van der Waals surface area contributed by atoms with Crippen LogP contribution in [-0.4, -0.2) is 42.5 Å². The number of carbonyl (C=O) groups is 1. The van der Waals surface area contributed by atoms with Crippen molar-refractivity contribution in [2.75, 3.05) is 20.1 Å². The summed E-state index contributed by atoms with van der Waals surface area (Å²) in [4.78, 5) is 13.0. The maximum atomic E-state index is 10.8. The largest absolute Gasteiger partial charge is 0.368 e. The van der Waals surface area contributed by atoms with Crippen molar-refractivity contribution in [3.63, 3.8) is 0 Å². The Balaban J connectivity index is 2.58. The second-order valence-electron chi connectivity index (χ2n) is 4.03. The fraction of sp³-hybridized carbons (Fsp3) is 0.875. The molecule has 4 heteroatoms. The molecule has 1 atom stereocenters. The second-order valence-corrected chi connectivity index (χ2v) is 4.03. The average Bonchev–Trinajstić information content (AvgIpc) is 1.94. The van der Waals surface area contributed by atoms with Gasteiger partial charge in [0.1, 0.15) is 0 Å². The molecule has 1 fully saturated rings. The van der Waals surface area contributed by atoms with Crippen molar-refractivity contribution < 1.29 is 4.79 Å². The van der Waals surface area contributed by atoms with Crippen molar-refractivity contribution in [2.24, 2.45) is 5.73 Å². The van der Waals surface area contributed by atoms with E-state index in [-0.39, 0.29) is 17.5 Å². The van der Waals surface area contributed by atoms with Crippen LogP contribution < -0.4 is 11.1 Å². The summed E-state index contributed by atoms with van der Waals surface area (Å²) in [6.07, 6.45) is 0. The Hall–Kier alpha value is -0.610. The first-order chi connectivity index (χ1) is 5.43. The van der Waals surface area contributed by atoms with Crippen molar-refractivity contribution in [3.05, 3.63) is 0 Å². The predicted molar refractivity (Wildman–Crippen MR) is 47.7 cm³/mol. The van der Waals surface area contributed by atoms with Gasteiger partial charge in [-0.25, -0.2) is 0 Å². The molecule has 70 valence electrons. The highest BCUT2D eigenvalue weighted by atomic mass is 16.1. The fourth-order valence-corrected chi connectivity index (χ4v) is 1.28. The Kier molecular flexibility index (Phi) is 2.39. The van der Waals surface area contributed by atoms with Gasteiger partial charge in [0.05, 0.1) is 6.04 Å². The van der Waals surface area contributed by atoms with Gasteiger partial charge in [-0.1, -0.05) is 0 Å². The Morgan fingerprint density at radius 2 is 2.25 bits per heavy atom. The van der Waals surface area contributed by atoms with E-state index in [4.69, 9.17) is 5.73 Å². The van der Waals surface area contributed by atoms with Crippen LogP contribution in [0.4, 0.5) is 0 Å². The predicted octanol–water partition coefficient (Wildman–Crippen LogP) is -0.846. The van der Waals surface area contributed by atoms with E-state index in [0.29, 0.717) is 6.54 Å². The van der Waals surface area contributed by atoms with Crippen molar-refractivity contribution in [1.29, 1.82) is 0 Å². The van der Waals surface area contributed by atoms with E-state index in [1.54, 1.807) is 0 Å². The van der Waals surface area contributed by atoms with Crippen LogP contribution in [0.5, 0.6) is 0 Å². The molecule has 12 heavy (non-hydrogen) atoms. The summed E-state index contributed by atoms with van der Waals surface area (Å²) >= 11 is 0. The SMILES string of the molecule is CN1CC(C(N)=O)NCC1(C)C. The first-order valence-corrected chi connectivity index (χ1v) is 4.17. The maximum absolute atomic E-state index is 10.8. The zero-order valence-corrected chi connectivity index (χ0v) is 7.92. The molecule has 1 rings (SSSR count). The van der Waals surface area contributed by atoms with Gasteiger partial charge in [-0.05, 0) is 20.9 Å². The zero-order valence-electron chi connectivity index (χ0n) is 7.92. The van der Waals surface area contributed by atoms with Crippen LogP contribution in [0.15, 0.2) is 0 Å². The molecule has 4 nitrogen and oxygen atoms in total. The van der Waals surface area contributed by atoms with E-state index in [9.17, 15) is 4.79 Å². The summed E-state index contributed by atoms with van der Waals surface area (Å²) in [5.74, 6) is -0.266. The number of piperazine rings is 1. The molecular weight excluding hydrogens is 154 g/mol. The van der Waals surface area contributed by atoms with E-state index in [0.717, 1.165) is 6.54 Å². The summed E-state index contributed by atoms with van der Waals surface area (Å²) in [7, 11) is 2.01. The van der Waals surface area contributed by atoms with E-state index in [1.165, 1.54) is 0 Å².